The normalized spacial score (nSPS) is 33.2. The molecule has 0 bridgehead atoms. The molecule has 6 nitrogen and oxygen atoms in total. The largest absolute Gasteiger partial charge is 0.324 e. The molecule has 2 N–H and O–H groups in total. The minimum atomic E-state index is -1.18. The number of hydrogen-bond acceptors (Lipinski definition) is 4. The summed E-state index contributed by atoms with van der Waals surface area (Å²) in [5, 5.41) is 6.27. The molecule has 3 amide bonds. The van der Waals surface area contributed by atoms with Crippen LogP contribution in [0.3, 0.4) is 0 Å². The number of hydrogen-bond donors (Lipinski definition) is 2. The Morgan fingerprint density at radius 1 is 1.24 bits per heavy atom. The average molecular weight is 339 g/mol. The van der Waals surface area contributed by atoms with Gasteiger partial charge in [0.05, 0.1) is 11.8 Å². The molecule has 1 spiro atoms. The van der Waals surface area contributed by atoms with E-state index in [2.05, 4.69) is 17.2 Å². The molecule has 3 heterocycles. The van der Waals surface area contributed by atoms with Crippen LogP contribution in [0.1, 0.15) is 19.4 Å². The van der Waals surface area contributed by atoms with E-state index in [0.29, 0.717) is 5.69 Å². The highest BCUT2D eigenvalue weighted by molar-refractivity contribution is 6.15. The second kappa shape index (κ2) is 5.26. The molecule has 4 atom stereocenters. The number of imide groups is 1. The fourth-order valence-corrected chi connectivity index (χ4v) is 4.63. The molecule has 0 unspecified atom stereocenters. The van der Waals surface area contributed by atoms with Crippen molar-refractivity contribution in [3.63, 3.8) is 0 Å². The Bertz CT molecular complexity index is 803. The van der Waals surface area contributed by atoms with E-state index in [9.17, 15) is 14.4 Å². The number of benzene rings is 1. The summed E-state index contributed by atoms with van der Waals surface area (Å²) in [5.41, 5.74) is 0.268. The van der Waals surface area contributed by atoms with Gasteiger partial charge in [0.25, 0.3) is 0 Å². The Hall–Kier alpha value is -2.47. The van der Waals surface area contributed by atoms with Gasteiger partial charge in [-0.3, -0.25) is 24.6 Å². The fourth-order valence-electron chi connectivity index (χ4n) is 4.63. The number of rotatable bonds is 3. The van der Waals surface area contributed by atoms with Crippen LogP contribution in [0.4, 0.5) is 5.69 Å². The summed E-state index contributed by atoms with van der Waals surface area (Å²) in [4.78, 5) is 40.3. The van der Waals surface area contributed by atoms with Gasteiger partial charge in [0.2, 0.25) is 17.7 Å². The smallest absolute Gasteiger partial charge is 0.250 e. The van der Waals surface area contributed by atoms with Crippen molar-refractivity contribution in [2.24, 2.45) is 17.8 Å². The number of fused-ring (bicyclic) bond motifs is 4. The molecule has 130 valence electrons. The quantitative estimate of drug-likeness (QED) is 0.642. The van der Waals surface area contributed by atoms with Gasteiger partial charge in [-0.15, -0.1) is 6.58 Å². The molecule has 0 aliphatic carbocycles. The summed E-state index contributed by atoms with van der Waals surface area (Å²) in [6.45, 7) is 7.82. The molecule has 6 heteroatoms. The topological polar surface area (TPSA) is 78.5 Å². The van der Waals surface area contributed by atoms with Gasteiger partial charge < -0.3 is 5.32 Å². The summed E-state index contributed by atoms with van der Waals surface area (Å²) in [6, 6.07) is 7.13. The van der Waals surface area contributed by atoms with Gasteiger partial charge >= 0.3 is 0 Å². The Morgan fingerprint density at radius 3 is 2.64 bits per heavy atom. The van der Waals surface area contributed by atoms with E-state index in [1.54, 1.807) is 6.08 Å². The van der Waals surface area contributed by atoms with E-state index in [4.69, 9.17) is 0 Å². The van der Waals surface area contributed by atoms with Crippen molar-refractivity contribution in [3.05, 3.63) is 42.5 Å². The lowest BCUT2D eigenvalue weighted by atomic mass is 9.76. The highest BCUT2D eigenvalue weighted by Gasteiger charge is 2.70. The summed E-state index contributed by atoms with van der Waals surface area (Å²) in [6.07, 6.45) is 1.55. The van der Waals surface area contributed by atoms with E-state index in [1.807, 2.05) is 38.1 Å². The number of nitrogens with zero attached hydrogens (tertiary/aromatic N) is 1. The maximum Gasteiger partial charge on any atom is 0.250 e. The SMILES string of the molecule is C=CCN1C(=O)[C@H]2[C@@H](C1=O)[C@@]1(N[C@H]2C(C)C)C(=O)Nc2ccccc21. The van der Waals surface area contributed by atoms with Crippen LogP contribution >= 0.6 is 0 Å². The molecular formula is C19H21N3O3. The average Bonchev–Trinajstić information content (AvgIpc) is 3.16. The van der Waals surface area contributed by atoms with Crippen LogP contribution in [-0.2, 0) is 19.9 Å². The predicted molar refractivity (Wildman–Crippen MR) is 92.4 cm³/mol. The van der Waals surface area contributed by atoms with Crippen molar-refractivity contribution in [1.82, 2.24) is 10.2 Å². The number of amides is 3. The molecule has 3 aliphatic heterocycles. The highest BCUT2D eigenvalue weighted by atomic mass is 16.2. The molecule has 2 fully saturated rings. The van der Waals surface area contributed by atoms with Crippen LogP contribution in [-0.4, -0.2) is 35.2 Å². The zero-order valence-electron chi connectivity index (χ0n) is 14.3. The van der Waals surface area contributed by atoms with Gasteiger partial charge in [0.15, 0.2) is 0 Å². The first-order chi connectivity index (χ1) is 11.9. The van der Waals surface area contributed by atoms with Crippen molar-refractivity contribution < 1.29 is 14.4 Å². The van der Waals surface area contributed by atoms with Gasteiger partial charge in [-0.2, -0.15) is 0 Å². The van der Waals surface area contributed by atoms with Crippen molar-refractivity contribution in [3.8, 4) is 0 Å². The summed E-state index contributed by atoms with van der Waals surface area (Å²) >= 11 is 0. The van der Waals surface area contributed by atoms with E-state index in [-0.39, 0.29) is 36.2 Å². The molecule has 0 radical (unpaired) electrons. The minimum Gasteiger partial charge on any atom is -0.324 e. The first-order valence-electron chi connectivity index (χ1n) is 8.58. The van der Waals surface area contributed by atoms with Gasteiger partial charge in [0, 0.05) is 23.8 Å². The van der Waals surface area contributed by atoms with Crippen LogP contribution in [0.2, 0.25) is 0 Å². The monoisotopic (exact) mass is 339 g/mol. The second-order valence-corrected chi connectivity index (χ2v) is 7.30. The molecule has 2 saturated heterocycles. The van der Waals surface area contributed by atoms with Crippen molar-refractivity contribution >= 4 is 23.4 Å². The third kappa shape index (κ3) is 1.86. The molecular weight excluding hydrogens is 318 g/mol. The number of likely N-dealkylation sites (tertiary alicyclic amines) is 1. The number of anilines is 1. The van der Waals surface area contributed by atoms with Crippen molar-refractivity contribution in [1.29, 1.82) is 0 Å². The lowest BCUT2D eigenvalue weighted by Gasteiger charge is -2.30. The molecule has 3 aliphatic rings. The molecule has 1 aromatic rings. The van der Waals surface area contributed by atoms with Crippen molar-refractivity contribution in [2.75, 3.05) is 11.9 Å². The van der Waals surface area contributed by atoms with Gasteiger partial charge in [-0.25, -0.2) is 0 Å². The number of carbonyl (C=O) groups is 3. The highest BCUT2D eigenvalue weighted by Crippen LogP contribution is 2.53. The van der Waals surface area contributed by atoms with Crippen LogP contribution in [0.5, 0.6) is 0 Å². The first-order valence-corrected chi connectivity index (χ1v) is 8.58. The standard InChI is InChI=1S/C19H21N3O3/c1-4-9-22-16(23)13-14(17(22)24)19(21-15(13)10(2)3)11-7-5-6-8-12(11)20-18(19)25/h4-8,10,13-15,21H,1,9H2,2-3H3,(H,20,25)/t13-,14-,15-,19+/m0/s1. The first kappa shape index (κ1) is 16.0. The van der Waals surface area contributed by atoms with E-state index in [1.165, 1.54) is 4.90 Å². The van der Waals surface area contributed by atoms with Gasteiger partial charge in [0.1, 0.15) is 5.54 Å². The maximum atomic E-state index is 13.1. The lowest BCUT2D eigenvalue weighted by Crippen LogP contribution is -2.54. The Labute approximate surface area is 146 Å². The number of nitrogens with one attached hydrogen (secondary N) is 2. The van der Waals surface area contributed by atoms with Gasteiger partial charge in [-0.1, -0.05) is 38.1 Å². The summed E-state index contributed by atoms with van der Waals surface area (Å²) in [5.74, 6) is -1.92. The van der Waals surface area contributed by atoms with Gasteiger partial charge in [-0.05, 0) is 12.0 Å². The maximum absolute atomic E-state index is 13.1. The van der Waals surface area contributed by atoms with Crippen molar-refractivity contribution in [2.45, 2.75) is 25.4 Å². The summed E-state index contributed by atoms with van der Waals surface area (Å²) < 4.78 is 0. The number of carbonyl (C=O) groups excluding carboxylic acids is 3. The Kier molecular flexibility index (Phi) is 3.37. The molecule has 1 aromatic carbocycles. The molecule has 4 rings (SSSR count). The van der Waals surface area contributed by atoms with E-state index in [0.717, 1.165) is 5.56 Å². The lowest BCUT2D eigenvalue weighted by molar-refractivity contribution is -0.142. The number of para-hydroxylation sites is 1. The fraction of sp³-hybridized carbons (Fsp3) is 0.421. The molecule has 0 saturated carbocycles. The third-order valence-electron chi connectivity index (χ3n) is 5.68. The Morgan fingerprint density at radius 2 is 1.96 bits per heavy atom. The Balaban J connectivity index is 1.91. The van der Waals surface area contributed by atoms with Crippen LogP contribution in [0.25, 0.3) is 0 Å². The minimum absolute atomic E-state index is 0.105. The zero-order valence-corrected chi connectivity index (χ0v) is 14.3. The second-order valence-electron chi connectivity index (χ2n) is 7.30. The van der Waals surface area contributed by atoms with Crippen LogP contribution < -0.4 is 10.6 Å². The van der Waals surface area contributed by atoms with E-state index < -0.39 is 17.4 Å². The third-order valence-corrected chi connectivity index (χ3v) is 5.68. The molecule has 0 aromatic heterocycles. The zero-order chi connectivity index (χ0) is 17.9. The predicted octanol–water partition coefficient (Wildman–Crippen LogP) is 1.25. The van der Waals surface area contributed by atoms with Crippen LogP contribution in [0.15, 0.2) is 36.9 Å². The van der Waals surface area contributed by atoms with Crippen LogP contribution in [0, 0.1) is 17.8 Å². The van der Waals surface area contributed by atoms with E-state index >= 15 is 0 Å². The molecule has 25 heavy (non-hydrogen) atoms. The summed E-state index contributed by atoms with van der Waals surface area (Å²) in [7, 11) is 0.